The van der Waals surface area contributed by atoms with E-state index in [0.717, 1.165) is 25.1 Å². The molecule has 0 bridgehead atoms. The topological polar surface area (TPSA) is 38.5 Å². The van der Waals surface area contributed by atoms with Crippen LogP contribution < -0.4 is 10.8 Å². The van der Waals surface area contributed by atoms with Crippen LogP contribution in [0.15, 0.2) is 24.3 Å². The molecular formula is C12H17FN2O. The first kappa shape index (κ1) is 11.4. The third kappa shape index (κ3) is 2.51. The van der Waals surface area contributed by atoms with Crippen molar-refractivity contribution in [1.29, 1.82) is 0 Å². The molecule has 1 saturated heterocycles. The molecule has 0 saturated carbocycles. The average Bonchev–Trinajstić information content (AvgIpc) is 2.30. The highest BCUT2D eigenvalue weighted by molar-refractivity contribution is 5.47. The molecule has 1 aliphatic rings. The summed E-state index contributed by atoms with van der Waals surface area (Å²) in [5.74, 6) is 4.93. The van der Waals surface area contributed by atoms with Gasteiger partial charge in [0.1, 0.15) is 5.82 Å². The zero-order valence-corrected chi connectivity index (χ0v) is 9.23. The van der Waals surface area contributed by atoms with Crippen LogP contribution >= 0.6 is 0 Å². The molecule has 0 aromatic heterocycles. The van der Waals surface area contributed by atoms with E-state index in [0.29, 0.717) is 6.61 Å². The highest BCUT2D eigenvalue weighted by atomic mass is 19.1. The summed E-state index contributed by atoms with van der Waals surface area (Å²) in [5.41, 5.74) is 0.918. The van der Waals surface area contributed by atoms with Crippen molar-refractivity contribution in [1.82, 2.24) is 0 Å². The second-order valence-electron chi connectivity index (χ2n) is 4.16. The molecule has 1 aliphatic heterocycles. The highest BCUT2D eigenvalue weighted by Crippen LogP contribution is 2.25. The second-order valence-corrected chi connectivity index (χ2v) is 4.16. The van der Waals surface area contributed by atoms with E-state index in [4.69, 9.17) is 10.7 Å². The van der Waals surface area contributed by atoms with E-state index >= 15 is 0 Å². The maximum absolute atomic E-state index is 13.2. The van der Waals surface area contributed by atoms with Crippen LogP contribution in [-0.2, 0) is 4.84 Å². The number of halogens is 1. The van der Waals surface area contributed by atoms with Crippen molar-refractivity contribution in [3.05, 3.63) is 30.1 Å². The van der Waals surface area contributed by atoms with Crippen molar-refractivity contribution in [3.63, 3.8) is 0 Å². The quantitative estimate of drug-likeness (QED) is 0.799. The molecule has 4 heteroatoms. The number of piperidine rings is 1. The maximum Gasteiger partial charge on any atom is 0.125 e. The van der Waals surface area contributed by atoms with Gasteiger partial charge in [-0.25, -0.2) is 10.3 Å². The number of hydrogen-bond donors (Lipinski definition) is 1. The first-order valence-corrected chi connectivity index (χ1v) is 5.65. The molecule has 2 rings (SSSR count). The Morgan fingerprint density at radius 3 is 3.06 bits per heavy atom. The van der Waals surface area contributed by atoms with Crippen LogP contribution in [0, 0.1) is 5.82 Å². The average molecular weight is 224 g/mol. The van der Waals surface area contributed by atoms with Gasteiger partial charge in [-0.3, -0.25) is 0 Å². The van der Waals surface area contributed by atoms with Crippen LogP contribution in [0.3, 0.4) is 0 Å². The van der Waals surface area contributed by atoms with E-state index in [1.165, 1.54) is 12.5 Å². The van der Waals surface area contributed by atoms with Crippen molar-refractivity contribution >= 4 is 5.69 Å². The smallest absolute Gasteiger partial charge is 0.125 e. The molecule has 1 fully saturated rings. The van der Waals surface area contributed by atoms with Gasteiger partial charge in [-0.05, 0) is 37.5 Å². The number of rotatable bonds is 3. The lowest BCUT2D eigenvalue weighted by atomic mass is 10.0. The summed E-state index contributed by atoms with van der Waals surface area (Å²) in [6.07, 6.45) is 3.37. The minimum absolute atomic E-state index is 0.199. The standard InChI is InChI=1S/C12H17FN2O/c13-10-4-3-6-11(8-10)15-7-2-1-5-12(15)9-16-14/h3-4,6,8,12H,1-2,5,7,9,14H2. The van der Waals surface area contributed by atoms with Gasteiger partial charge in [0.05, 0.1) is 12.6 Å². The summed E-state index contributed by atoms with van der Waals surface area (Å²) in [4.78, 5) is 6.91. The predicted octanol–water partition coefficient (Wildman–Crippen LogP) is 2.07. The van der Waals surface area contributed by atoms with Crippen molar-refractivity contribution in [2.75, 3.05) is 18.1 Å². The third-order valence-electron chi connectivity index (χ3n) is 3.06. The van der Waals surface area contributed by atoms with Crippen LogP contribution in [0.25, 0.3) is 0 Å². The fraction of sp³-hybridized carbons (Fsp3) is 0.500. The van der Waals surface area contributed by atoms with Gasteiger partial charge in [0.15, 0.2) is 0 Å². The Kier molecular flexibility index (Phi) is 3.74. The lowest BCUT2D eigenvalue weighted by Gasteiger charge is -2.37. The molecule has 1 heterocycles. The SMILES string of the molecule is NOCC1CCCCN1c1cccc(F)c1. The Balaban J connectivity index is 2.16. The molecule has 16 heavy (non-hydrogen) atoms. The Labute approximate surface area is 94.9 Å². The van der Waals surface area contributed by atoms with Gasteiger partial charge in [0.25, 0.3) is 0 Å². The Hall–Kier alpha value is -1.13. The van der Waals surface area contributed by atoms with E-state index in [1.54, 1.807) is 12.1 Å². The number of nitrogens with zero attached hydrogens (tertiary/aromatic N) is 1. The highest BCUT2D eigenvalue weighted by Gasteiger charge is 2.22. The van der Waals surface area contributed by atoms with E-state index in [1.807, 2.05) is 6.07 Å². The number of nitrogens with two attached hydrogens (primary N) is 1. The van der Waals surface area contributed by atoms with Crippen LogP contribution in [0.2, 0.25) is 0 Å². The summed E-state index contributed by atoms with van der Waals surface area (Å²) < 4.78 is 13.2. The number of hydrogen-bond acceptors (Lipinski definition) is 3. The van der Waals surface area contributed by atoms with E-state index in [9.17, 15) is 4.39 Å². The zero-order chi connectivity index (χ0) is 11.4. The van der Waals surface area contributed by atoms with Crippen LogP contribution in [0.1, 0.15) is 19.3 Å². The minimum Gasteiger partial charge on any atom is -0.366 e. The lowest BCUT2D eigenvalue weighted by molar-refractivity contribution is 0.114. The van der Waals surface area contributed by atoms with Gasteiger partial charge in [-0.15, -0.1) is 0 Å². The fourth-order valence-electron chi connectivity index (χ4n) is 2.28. The summed E-state index contributed by atoms with van der Waals surface area (Å²) in [6, 6.07) is 6.95. The molecule has 1 atom stereocenters. The number of anilines is 1. The van der Waals surface area contributed by atoms with Crippen molar-refractivity contribution in [2.24, 2.45) is 5.90 Å². The van der Waals surface area contributed by atoms with Gasteiger partial charge in [0.2, 0.25) is 0 Å². The molecule has 1 unspecified atom stereocenters. The van der Waals surface area contributed by atoms with E-state index in [2.05, 4.69) is 4.90 Å². The number of benzene rings is 1. The van der Waals surface area contributed by atoms with Gasteiger partial charge in [-0.2, -0.15) is 0 Å². The molecule has 1 aromatic rings. The van der Waals surface area contributed by atoms with Gasteiger partial charge in [-0.1, -0.05) is 6.07 Å². The predicted molar refractivity (Wildman–Crippen MR) is 61.5 cm³/mol. The van der Waals surface area contributed by atoms with E-state index < -0.39 is 0 Å². The maximum atomic E-state index is 13.2. The van der Waals surface area contributed by atoms with Gasteiger partial charge >= 0.3 is 0 Å². The Morgan fingerprint density at radius 1 is 1.44 bits per heavy atom. The molecule has 88 valence electrons. The molecular weight excluding hydrogens is 207 g/mol. The third-order valence-corrected chi connectivity index (χ3v) is 3.06. The monoisotopic (exact) mass is 224 g/mol. The first-order chi connectivity index (χ1) is 7.81. The fourth-order valence-corrected chi connectivity index (χ4v) is 2.28. The summed E-state index contributed by atoms with van der Waals surface area (Å²) in [6.45, 7) is 1.44. The first-order valence-electron chi connectivity index (χ1n) is 5.65. The summed E-state index contributed by atoms with van der Waals surface area (Å²) in [7, 11) is 0. The Bertz CT molecular complexity index is 344. The minimum atomic E-state index is -0.199. The second kappa shape index (κ2) is 5.27. The molecule has 0 radical (unpaired) electrons. The van der Waals surface area contributed by atoms with Gasteiger partial charge < -0.3 is 9.74 Å². The van der Waals surface area contributed by atoms with Crippen LogP contribution in [-0.4, -0.2) is 19.2 Å². The summed E-state index contributed by atoms with van der Waals surface area (Å²) >= 11 is 0. The van der Waals surface area contributed by atoms with Crippen molar-refractivity contribution in [3.8, 4) is 0 Å². The normalized spacial score (nSPS) is 21.1. The van der Waals surface area contributed by atoms with Crippen molar-refractivity contribution in [2.45, 2.75) is 25.3 Å². The van der Waals surface area contributed by atoms with Gasteiger partial charge in [0, 0.05) is 12.2 Å². The van der Waals surface area contributed by atoms with E-state index in [-0.39, 0.29) is 11.9 Å². The van der Waals surface area contributed by atoms with Crippen LogP contribution in [0.5, 0.6) is 0 Å². The molecule has 0 spiro atoms. The largest absolute Gasteiger partial charge is 0.366 e. The van der Waals surface area contributed by atoms with Crippen LogP contribution in [0.4, 0.5) is 10.1 Å². The summed E-state index contributed by atoms with van der Waals surface area (Å²) in [5, 5.41) is 0. The molecule has 2 N–H and O–H groups in total. The zero-order valence-electron chi connectivity index (χ0n) is 9.23. The molecule has 1 aromatic carbocycles. The Morgan fingerprint density at radius 2 is 2.31 bits per heavy atom. The molecule has 3 nitrogen and oxygen atoms in total. The molecule has 0 amide bonds. The van der Waals surface area contributed by atoms with Crippen molar-refractivity contribution < 1.29 is 9.23 Å². The molecule has 0 aliphatic carbocycles. The lowest BCUT2D eigenvalue weighted by Crippen LogP contribution is -2.43.